The highest BCUT2D eigenvalue weighted by Crippen LogP contribution is 2.43. The zero-order valence-electron chi connectivity index (χ0n) is 9.54. The van der Waals surface area contributed by atoms with Crippen molar-refractivity contribution in [2.45, 2.75) is 12.5 Å². The number of hydrogen-bond donors (Lipinski definition) is 2. The molecule has 3 rings (SSSR count). The number of anilines is 1. The summed E-state index contributed by atoms with van der Waals surface area (Å²) in [7, 11) is 0. The third kappa shape index (κ3) is 1.40. The van der Waals surface area contributed by atoms with Crippen LogP contribution in [0, 0.1) is 12.0 Å². The lowest BCUT2D eigenvalue weighted by atomic mass is 9.76. The van der Waals surface area contributed by atoms with Gasteiger partial charge < -0.3 is 15.4 Å². The van der Waals surface area contributed by atoms with Crippen LogP contribution in [0.3, 0.4) is 0 Å². The summed E-state index contributed by atoms with van der Waals surface area (Å²) < 4.78 is 14.9. The van der Waals surface area contributed by atoms with Crippen LogP contribution in [-0.2, 0) is 0 Å². The second-order valence-electron chi connectivity index (χ2n) is 4.41. The van der Waals surface area contributed by atoms with Gasteiger partial charge in [0.1, 0.15) is 5.52 Å². The summed E-state index contributed by atoms with van der Waals surface area (Å²) in [5, 5.41) is 9.08. The molecule has 2 atom stereocenters. The van der Waals surface area contributed by atoms with Crippen LogP contribution in [0.15, 0.2) is 18.5 Å². The maximum absolute atomic E-state index is 13.2. The molecule has 2 unspecified atom stereocenters. The largest absolute Gasteiger partial charge is 0.396 e. The lowest BCUT2D eigenvalue weighted by molar-refractivity contribution is 0.180. The molecule has 1 fully saturated rings. The Bertz CT molecular complexity index is 638. The minimum absolute atomic E-state index is 0.0131. The molecule has 0 saturated heterocycles. The predicted octanol–water partition coefficient (Wildman–Crippen LogP) is 0.657. The first kappa shape index (κ1) is 11.1. The second kappa shape index (κ2) is 3.74. The van der Waals surface area contributed by atoms with E-state index in [9.17, 15) is 4.39 Å². The van der Waals surface area contributed by atoms with Crippen molar-refractivity contribution in [3.05, 3.63) is 24.6 Å². The van der Waals surface area contributed by atoms with E-state index in [2.05, 4.69) is 21.5 Å². The Balaban J connectivity index is 2.06. The first-order chi connectivity index (χ1) is 8.61. The van der Waals surface area contributed by atoms with Crippen LogP contribution in [0.4, 0.5) is 10.2 Å². The van der Waals surface area contributed by atoms with Gasteiger partial charge in [0.15, 0.2) is 11.5 Å². The molecule has 2 aromatic rings. The quantitative estimate of drug-likeness (QED) is 0.602. The number of imidazole rings is 1. The number of nitrogen functional groups attached to an aromatic ring is 1. The lowest BCUT2D eigenvalue weighted by Crippen LogP contribution is -2.31. The van der Waals surface area contributed by atoms with Crippen LogP contribution in [0.1, 0.15) is 12.5 Å². The fourth-order valence-corrected chi connectivity index (χ4v) is 2.31. The summed E-state index contributed by atoms with van der Waals surface area (Å²) in [5.41, 5.74) is 7.24. The van der Waals surface area contributed by atoms with Gasteiger partial charge in [0, 0.05) is 12.5 Å². The molecule has 2 aromatic heterocycles. The molecule has 1 aliphatic rings. The molecule has 94 valence electrons. The monoisotopic (exact) mass is 249 g/mol. The van der Waals surface area contributed by atoms with E-state index in [0.29, 0.717) is 11.2 Å². The highest BCUT2D eigenvalue weighted by Gasteiger charge is 2.35. The molecule has 0 spiro atoms. The summed E-state index contributed by atoms with van der Waals surface area (Å²) in [5.74, 6) is 0.122. The molecule has 0 bridgehead atoms. The zero-order chi connectivity index (χ0) is 12.9. The number of aliphatic hydroxyl groups excluding tert-OH is 1. The number of nitrogens with two attached hydrogens (primary N) is 1. The van der Waals surface area contributed by atoms with Gasteiger partial charge in [0.05, 0.1) is 12.4 Å². The molecule has 0 aliphatic heterocycles. The molecule has 18 heavy (non-hydrogen) atoms. The van der Waals surface area contributed by atoms with Crippen LogP contribution in [0.25, 0.3) is 11.2 Å². The van der Waals surface area contributed by atoms with Gasteiger partial charge in [-0.3, -0.25) is 0 Å². The van der Waals surface area contributed by atoms with E-state index in [0.717, 1.165) is 12.0 Å². The van der Waals surface area contributed by atoms with Gasteiger partial charge in [-0.25, -0.2) is 4.98 Å². The van der Waals surface area contributed by atoms with E-state index in [4.69, 9.17) is 10.8 Å². The molecule has 0 radical (unpaired) electrons. The number of hydrogen-bond acceptors (Lipinski definition) is 5. The van der Waals surface area contributed by atoms with Gasteiger partial charge >= 0.3 is 6.08 Å². The summed E-state index contributed by atoms with van der Waals surface area (Å²) in [4.78, 5) is 11.2. The Labute approximate surface area is 102 Å². The van der Waals surface area contributed by atoms with Crippen LogP contribution in [-0.4, -0.2) is 31.2 Å². The zero-order valence-corrected chi connectivity index (χ0v) is 9.54. The fraction of sp³-hybridized carbons (Fsp3) is 0.364. The first-order valence-corrected chi connectivity index (χ1v) is 5.57. The molecule has 7 heteroatoms. The van der Waals surface area contributed by atoms with Gasteiger partial charge in [-0.15, -0.1) is 0 Å². The van der Waals surface area contributed by atoms with E-state index in [1.807, 2.05) is 0 Å². The molecule has 1 saturated carbocycles. The Morgan fingerprint density at radius 2 is 2.33 bits per heavy atom. The fourth-order valence-electron chi connectivity index (χ4n) is 2.31. The maximum atomic E-state index is 13.2. The third-order valence-corrected chi connectivity index (χ3v) is 3.44. The Kier molecular flexibility index (Phi) is 2.30. The van der Waals surface area contributed by atoms with Crippen molar-refractivity contribution in [2.24, 2.45) is 5.92 Å². The van der Waals surface area contributed by atoms with Gasteiger partial charge in [-0.2, -0.15) is 14.4 Å². The van der Waals surface area contributed by atoms with Gasteiger partial charge in [-0.05, 0) is 12.0 Å². The topological polar surface area (TPSA) is 89.8 Å². The third-order valence-electron chi connectivity index (χ3n) is 3.44. The number of aromatic nitrogens is 4. The summed E-state index contributed by atoms with van der Waals surface area (Å²) in [6, 6.07) is -0.0131. The van der Waals surface area contributed by atoms with Crippen molar-refractivity contribution in [2.75, 3.05) is 12.3 Å². The van der Waals surface area contributed by atoms with Crippen molar-refractivity contribution in [1.82, 2.24) is 19.5 Å². The molecular formula is C11H12FN5O. The molecule has 6 nitrogen and oxygen atoms in total. The van der Waals surface area contributed by atoms with Gasteiger partial charge in [0.25, 0.3) is 0 Å². The molecule has 1 aliphatic carbocycles. The van der Waals surface area contributed by atoms with Gasteiger partial charge in [0.2, 0.25) is 0 Å². The maximum Gasteiger partial charge on any atom is 0.312 e. The molecule has 0 aromatic carbocycles. The number of rotatable bonds is 2. The highest BCUT2D eigenvalue weighted by molar-refractivity contribution is 5.81. The van der Waals surface area contributed by atoms with Crippen molar-refractivity contribution >= 4 is 17.0 Å². The van der Waals surface area contributed by atoms with Crippen LogP contribution >= 0.6 is 0 Å². The number of halogens is 1. The van der Waals surface area contributed by atoms with Crippen LogP contribution < -0.4 is 5.73 Å². The van der Waals surface area contributed by atoms with Crippen LogP contribution in [0.2, 0.25) is 0 Å². The summed E-state index contributed by atoms with van der Waals surface area (Å²) in [6.07, 6.45) is 1.43. The van der Waals surface area contributed by atoms with Crippen molar-refractivity contribution in [3.63, 3.8) is 0 Å². The van der Waals surface area contributed by atoms with Crippen molar-refractivity contribution in [3.8, 4) is 0 Å². The summed E-state index contributed by atoms with van der Waals surface area (Å²) in [6.45, 7) is 4.00. The molecule has 2 heterocycles. The smallest absolute Gasteiger partial charge is 0.312 e. The molecule has 3 N–H and O–H groups in total. The SMILES string of the molecule is C=C1C(CO)CC1n1cnc2c(N)nc(F)nc21. The lowest BCUT2D eigenvalue weighted by Gasteiger charge is -2.38. The normalized spacial score (nSPS) is 23.3. The molecular weight excluding hydrogens is 237 g/mol. The number of aliphatic hydroxyl groups is 1. The average molecular weight is 249 g/mol. The van der Waals surface area contributed by atoms with E-state index in [1.54, 1.807) is 10.9 Å². The van der Waals surface area contributed by atoms with E-state index >= 15 is 0 Å². The molecule has 0 amide bonds. The average Bonchev–Trinajstić information content (AvgIpc) is 2.72. The Morgan fingerprint density at radius 3 is 3.00 bits per heavy atom. The van der Waals surface area contributed by atoms with E-state index in [1.165, 1.54) is 0 Å². The predicted molar refractivity (Wildman–Crippen MR) is 63.1 cm³/mol. The minimum Gasteiger partial charge on any atom is -0.396 e. The minimum atomic E-state index is -0.870. The number of fused-ring (bicyclic) bond motifs is 1. The van der Waals surface area contributed by atoms with Crippen molar-refractivity contribution in [1.29, 1.82) is 0 Å². The Morgan fingerprint density at radius 1 is 1.56 bits per heavy atom. The van der Waals surface area contributed by atoms with E-state index < -0.39 is 6.08 Å². The highest BCUT2D eigenvalue weighted by atomic mass is 19.1. The van der Waals surface area contributed by atoms with E-state index in [-0.39, 0.29) is 24.4 Å². The number of nitrogens with zero attached hydrogens (tertiary/aromatic N) is 4. The first-order valence-electron chi connectivity index (χ1n) is 5.57. The standard InChI is InChI=1S/C11H12FN5O/c1-5-6(3-18)2-7(5)17-4-14-8-9(13)15-11(12)16-10(8)17/h4,6-7,18H,1-3H2,(H2,13,15,16). The second-order valence-corrected chi connectivity index (χ2v) is 4.41. The summed E-state index contributed by atoms with van der Waals surface area (Å²) >= 11 is 0. The van der Waals surface area contributed by atoms with Crippen LogP contribution in [0.5, 0.6) is 0 Å². The Hall–Kier alpha value is -2.02. The van der Waals surface area contributed by atoms with Gasteiger partial charge in [-0.1, -0.05) is 6.58 Å². The van der Waals surface area contributed by atoms with Crippen molar-refractivity contribution < 1.29 is 9.50 Å².